The molecule has 4 nitrogen and oxygen atoms in total. The van der Waals surface area contributed by atoms with E-state index in [-0.39, 0.29) is 17.8 Å². The third kappa shape index (κ3) is 3.15. The number of hydrogen-bond donors (Lipinski definition) is 1. The van der Waals surface area contributed by atoms with Crippen LogP contribution in [0.4, 0.5) is 5.69 Å². The smallest absolute Gasteiger partial charge is 0.348 e. The highest BCUT2D eigenvalue weighted by Crippen LogP contribution is 2.16. The summed E-state index contributed by atoms with van der Waals surface area (Å²) in [5, 5.41) is 3.15. The maximum Gasteiger partial charge on any atom is 0.348 e. The van der Waals surface area contributed by atoms with E-state index in [9.17, 15) is 9.59 Å². The number of ketones is 1. The van der Waals surface area contributed by atoms with Crippen molar-refractivity contribution in [2.45, 2.75) is 26.8 Å². The highest BCUT2D eigenvalue weighted by molar-refractivity contribution is 6.00. The van der Waals surface area contributed by atoms with Crippen LogP contribution in [0.3, 0.4) is 0 Å². The number of aryl methyl sites for hydroxylation is 1. The van der Waals surface area contributed by atoms with Crippen molar-refractivity contribution in [2.75, 3.05) is 5.32 Å². The Kier molecular flexibility index (Phi) is 4.35. The van der Waals surface area contributed by atoms with Crippen LogP contribution < -0.4 is 10.9 Å². The third-order valence-electron chi connectivity index (χ3n) is 3.00. The fraction of sp³-hybridized carbons (Fsp3) is 0.250. The Morgan fingerprint density at radius 2 is 1.95 bits per heavy atom. The van der Waals surface area contributed by atoms with E-state index in [0.717, 1.165) is 5.56 Å². The molecule has 104 valence electrons. The number of carbonyl (C=O) groups excluding carboxylic acids is 1. The lowest BCUT2D eigenvalue weighted by atomic mass is 10.1. The van der Waals surface area contributed by atoms with Gasteiger partial charge in [-0.3, -0.25) is 4.79 Å². The second-order valence-electron chi connectivity index (χ2n) is 4.55. The molecule has 1 aromatic carbocycles. The predicted octanol–water partition coefficient (Wildman–Crippen LogP) is 3.15. The van der Waals surface area contributed by atoms with Crippen LogP contribution >= 0.6 is 0 Å². The fourth-order valence-electron chi connectivity index (χ4n) is 1.99. The summed E-state index contributed by atoms with van der Waals surface area (Å²) in [5.41, 5.74) is 1.14. The molecule has 0 saturated heterocycles. The quantitative estimate of drug-likeness (QED) is 0.849. The van der Waals surface area contributed by atoms with Gasteiger partial charge >= 0.3 is 5.63 Å². The van der Waals surface area contributed by atoms with Gasteiger partial charge in [0.1, 0.15) is 11.3 Å². The number of rotatable bonds is 5. The minimum absolute atomic E-state index is 0.106. The van der Waals surface area contributed by atoms with Crippen LogP contribution in [0.15, 0.2) is 45.6 Å². The first kappa shape index (κ1) is 14.1. The molecule has 0 aliphatic carbocycles. The molecule has 0 aliphatic heterocycles. The zero-order chi connectivity index (χ0) is 14.5. The Labute approximate surface area is 117 Å². The Balaban J connectivity index is 2.31. The van der Waals surface area contributed by atoms with Crippen molar-refractivity contribution in [3.8, 4) is 0 Å². The second kappa shape index (κ2) is 6.19. The maximum absolute atomic E-state index is 11.9. The van der Waals surface area contributed by atoms with E-state index < -0.39 is 5.63 Å². The molecule has 0 bridgehead atoms. The summed E-state index contributed by atoms with van der Waals surface area (Å²) in [6, 6.07) is 11.5. The van der Waals surface area contributed by atoms with Crippen molar-refractivity contribution in [3.63, 3.8) is 0 Å². The van der Waals surface area contributed by atoms with Gasteiger partial charge in [-0.1, -0.05) is 37.3 Å². The van der Waals surface area contributed by atoms with E-state index in [1.165, 1.54) is 0 Å². The molecule has 2 rings (SSSR count). The van der Waals surface area contributed by atoms with Crippen LogP contribution in [-0.4, -0.2) is 5.78 Å². The Morgan fingerprint density at radius 3 is 2.60 bits per heavy atom. The van der Waals surface area contributed by atoms with Crippen molar-refractivity contribution in [1.82, 2.24) is 0 Å². The number of benzene rings is 1. The number of Topliss-reactive ketones (excluding diaryl/α,β-unsaturated/α-hetero) is 1. The monoisotopic (exact) mass is 271 g/mol. The Morgan fingerprint density at radius 1 is 1.25 bits per heavy atom. The van der Waals surface area contributed by atoms with Crippen LogP contribution in [0.1, 0.15) is 35.0 Å². The maximum atomic E-state index is 11.9. The molecule has 0 saturated carbocycles. The standard InChI is InChI=1S/C16H17NO3/c1-3-14(18)15-13(9-11(2)20-16(15)19)17-10-12-7-5-4-6-8-12/h4-9,17H,3,10H2,1-2H3. The summed E-state index contributed by atoms with van der Waals surface area (Å²) in [6.07, 6.45) is 0.272. The zero-order valence-electron chi connectivity index (χ0n) is 11.6. The van der Waals surface area contributed by atoms with Crippen molar-refractivity contribution in [3.05, 3.63) is 63.7 Å². The molecule has 0 unspecified atom stereocenters. The summed E-state index contributed by atoms with van der Waals surface area (Å²) >= 11 is 0. The van der Waals surface area contributed by atoms with E-state index in [0.29, 0.717) is 18.0 Å². The number of nitrogens with one attached hydrogen (secondary N) is 1. The molecule has 1 heterocycles. The Bertz CT molecular complexity index is 659. The zero-order valence-corrected chi connectivity index (χ0v) is 11.6. The normalized spacial score (nSPS) is 10.3. The molecule has 1 N–H and O–H groups in total. The van der Waals surface area contributed by atoms with Crippen LogP contribution in [0.2, 0.25) is 0 Å². The van der Waals surface area contributed by atoms with Crippen molar-refractivity contribution in [2.24, 2.45) is 0 Å². The van der Waals surface area contributed by atoms with Gasteiger partial charge in [0.05, 0.1) is 5.69 Å². The van der Waals surface area contributed by atoms with Crippen LogP contribution in [-0.2, 0) is 6.54 Å². The molecule has 0 fully saturated rings. The van der Waals surface area contributed by atoms with E-state index in [2.05, 4.69) is 5.32 Å². The largest absolute Gasteiger partial charge is 0.428 e. The van der Waals surface area contributed by atoms with E-state index in [4.69, 9.17) is 4.42 Å². The van der Waals surface area contributed by atoms with Gasteiger partial charge in [0.15, 0.2) is 5.78 Å². The van der Waals surface area contributed by atoms with Gasteiger partial charge in [-0.25, -0.2) is 4.79 Å². The van der Waals surface area contributed by atoms with Crippen molar-refractivity contribution < 1.29 is 9.21 Å². The van der Waals surface area contributed by atoms with Gasteiger partial charge in [0, 0.05) is 19.0 Å². The molecule has 1 aromatic heterocycles. The van der Waals surface area contributed by atoms with E-state index >= 15 is 0 Å². The number of hydrogen-bond acceptors (Lipinski definition) is 4. The minimum Gasteiger partial charge on any atom is -0.428 e. The van der Waals surface area contributed by atoms with Gasteiger partial charge < -0.3 is 9.73 Å². The summed E-state index contributed by atoms with van der Waals surface area (Å²) < 4.78 is 5.01. The van der Waals surface area contributed by atoms with Crippen LogP contribution in [0.25, 0.3) is 0 Å². The lowest BCUT2D eigenvalue weighted by Gasteiger charge is -2.10. The predicted molar refractivity (Wildman–Crippen MR) is 78.1 cm³/mol. The van der Waals surface area contributed by atoms with Gasteiger partial charge in [0.2, 0.25) is 0 Å². The van der Waals surface area contributed by atoms with Gasteiger partial charge in [-0.05, 0) is 12.5 Å². The molecular formula is C16H17NO3. The molecular weight excluding hydrogens is 254 g/mol. The molecule has 0 aliphatic rings. The van der Waals surface area contributed by atoms with Crippen molar-refractivity contribution >= 4 is 11.5 Å². The SMILES string of the molecule is CCC(=O)c1c(NCc2ccccc2)cc(C)oc1=O. The molecule has 0 spiro atoms. The van der Waals surface area contributed by atoms with E-state index in [1.54, 1.807) is 19.9 Å². The highest BCUT2D eigenvalue weighted by atomic mass is 16.4. The molecule has 2 aromatic rings. The lowest BCUT2D eigenvalue weighted by Crippen LogP contribution is -2.18. The van der Waals surface area contributed by atoms with E-state index in [1.807, 2.05) is 30.3 Å². The van der Waals surface area contributed by atoms with Gasteiger partial charge in [-0.2, -0.15) is 0 Å². The third-order valence-corrected chi connectivity index (χ3v) is 3.00. The van der Waals surface area contributed by atoms with Crippen molar-refractivity contribution in [1.29, 1.82) is 0 Å². The molecule has 20 heavy (non-hydrogen) atoms. The van der Waals surface area contributed by atoms with Crippen LogP contribution in [0, 0.1) is 6.92 Å². The molecule has 0 radical (unpaired) electrons. The van der Waals surface area contributed by atoms with Crippen LogP contribution in [0.5, 0.6) is 0 Å². The average Bonchev–Trinajstić information content (AvgIpc) is 2.45. The van der Waals surface area contributed by atoms with Gasteiger partial charge in [0.25, 0.3) is 0 Å². The molecule has 4 heteroatoms. The number of anilines is 1. The number of carbonyl (C=O) groups is 1. The molecule has 0 amide bonds. The molecule has 0 atom stereocenters. The lowest BCUT2D eigenvalue weighted by molar-refractivity contribution is 0.0985. The minimum atomic E-state index is -0.576. The summed E-state index contributed by atoms with van der Waals surface area (Å²) in [5.74, 6) is 0.271. The topological polar surface area (TPSA) is 59.3 Å². The van der Waals surface area contributed by atoms with Gasteiger partial charge in [-0.15, -0.1) is 0 Å². The first-order valence-electron chi connectivity index (χ1n) is 6.57. The highest BCUT2D eigenvalue weighted by Gasteiger charge is 2.16. The second-order valence-corrected chi connectivity index (χ2v) is 4.55. The summed E-state index contributed by atoms with van der Waals surface area (Å²) in [4.78, 5) is 23.7. The first-order valence-corrected chi connectivity index (χ1v) is 6.57. The summed E-state index contributed by atoms with van der Waals surface area (Å²) in [6.45, 7) is 3.96. The average molecular weight is 271 g/mol. The summed E-state index contributed by atoms with van der Waals surface area (Å²) in [7, 11) is 0. The first-order chi connectivity index (χ1) is 9.61. The Hall–Kier alpha value is -2.36. The fourth-order valence-corrected chi connectivity index (χ4v) is 1.99.